The minimum atomic E-state index is -0.0266. The number of ether oxygens (including phenoxy) is 2. The second kappa shape index (κ2) is 7.22. The van der Waals surface area contributed by atoms with E-state index in [4.69, 9.17) is 9.47 Å². The van der Waals surface area contributed by atoms with Gasteiger partial charge in [0.2, 0.25) is 5.91 Å². The molecule has 0 unspecified atom stereocenters. The number of rotatable bonds is 6. The van der Waals surface area contributed by atoms with Crippen molar-refractivity contribution in [2.45, 2.75) is 25.2 Å². The van der Waals surface area contributed by atoms with Gasteiger partial charge < -0.3 is 14.8 Å². The molecule has 2 aliphatic heterocycles. The molecule has 120 valence electrons. The van der Waals surface area contributed by atoms with Gasteiger partial charge in [0.05, 0.1) is 24.7 Å². The van der Waals surface area contributed by atoms with Crippen LogP contribution in [0.2, 0.25) is 0 Å². The zero-order valence-electron chi connectivity index (χ0n) is 13.0. The minimum Gasteiger partial charge on any atom is -0.383 e. The van der Waals surface area contributed by atoms with Crippen molar-refractivity contribution in [3.05, 3.63) is 35.9 Å². The lowest BCUT2D eigenvalue weighted by Gasteiger charge is -2.32. The van der Waals surface area contributed by atoms with E-state index in [0.29, 0.717) is 6.54 Å². The molecule has 5 nitrogen and oxygen atoms in total. The van der Waals surface area contributed by atoms with Crippen molar-refractivity contribution in [1.82, 2.24) is 10.2 Å². The van der Waals surface area contributed by atoms with Crippen LogP contribution in [-0.4, -0.2) is 56.4 Å². The average molecular weight is 304 g/mol. The summed E-state index contributed by atoms with van der Waals surface area (Å²) in [7, 11) is 1.72. The summed E-state index contributed by atoms with van der Waals surface area (Å²) in [4.78, 5) is 14.8. The standard InChI is InChI=1S/C17H24N2O3/c1-21-8-7-19-11-14-9-15(16(12-19)22-14)17(20)18-10-13-5-3-2-4-6-13/h2-6,14-16H,7-12H2,1H3,(H,18,20)/t14-,15-,16-/m1/s1. The molecule has 1 aromatic carbocycles. The van der Waals surface area contributed by atoms with Gasteiger partial charge in [-0.2, -0.15) is 0 Å². The normalized spacial score (nSPS) is 27.8. The fraction of sp³-hybridized carbons (Fsp3) is 0.588. The van der Waals surface area contributed by atoms with Gasteiger partial charge in [-0.3, -0.25) is 9.69 Å². The van der Waals surface area contributed by atoms with E-state index >= 15 is 0 Å². The summed E-state index contributed by atoms with van der Waals surface area (Å²) in [6, 6.07) is 10.0. The minimum absolute atomic E-state index is 0.0198. The summed E-state index contributed by atoms with van der Waals surface area (Å²) in [6.45, 7) is 3.95. The predicted octanol–water partition coefficient (Wildman–Crippen LogP) is 1.04. The first-order valence-electron chi connectivity index (χ1n) is 7.94. The number of fused-ring (bicyclic) bond motifs is 2. The number of carbonyl (C=O) groups is 1. The summed E-state index contributed by atoms with van der Waals surface area (Å²) >= 11 is 0. The van der Waals surface area contributed by atoms with Crippen LogP contribution in [0.3, 0.4) is 0 Å². The Labute approximate surface area is 131 Å². The highest BCUT2D eigenvalue weighted by Crippen LogP contribution is 2.32. The molecule has 2 bridgehead atoms. The Kier molecular flexibility index (Phi) is 5.08. The van der Waals surface area contributed by atoms with E-state index in [-0.39, 0.29) is 24.0 Å². The topological polar surface area (TPSA) is 50.8 Å². The van der Waals surface area contributed by atoms with Gasteiger partial charge in [0.25, 0.3) is 0 Å². The van der Waals surface area contributed by atoms with Crippen LogP contribution in [0.15, 0.2) is 30.3 Å². The van der Waals surface area contributed by atoms with E-state index in [1.165, 1.54) is 0 Å². The van der Waals surface area contributed by atoms with E-state index in [1.54, 1.807) is 7.11 Å². The summed E-state index contributed by atoms with van der Waals surface area (Å²) < 4.78 is 11.1. The van der Waals surface area contributed by atoms with Gasteiger partial charge in [-0.05, 0) is 12.0 Å². The number of nitrogens with zero attached hydrogens (tertiary/aromatic N) is 1. The van der Waals surface area contributed by atoms with Gasteiger partial charge in [0.1, 0.15) is 0 Å². The summed E-state index contributed by atoms with van der Waals surface area (Å²) in [6.07, 6.45) is 1.03. The van der Waals surface area contributed by atoms with Crippen molar-refractivity contribution in [3.8, 4) is 0 Å². The molecule has 1 aromatic rings. The monoisotopic (exact) mass is 304 g/mol. The molecule has 3 atom stereocenters. The van der Waals surface area contributed by atoms with Crippen LogP contribution in [0, 0.1) is 5.92 Å². The van der Waals surface area contributed by atoms with Gasteiger partial charge in [-0.15, -0.1) is 0 Å². The first-order chi connectivity index (χ1) is 10.8. The van der Waals surface area contributed by atoms with Crippen molar-refractivity contribution < 1.29 is 14.3 Å². The van der Waals surface area contributed by atoms with Crippen molar-refractivity contribution in [3.63, 3.8) is 0 Å². The Balaban J connectivity index is 1.51. The summed E-state index contributed by atoms with van der Waals surface area (Å²) in [5.74, 6) is 0.0891. The van der Waals surface area contributed by atoms with E-state index in [9.17, 15) is 4.79 Å². The zero-order chi connectivity index (χ0) is 15.4. The third kappa shape index (κ3) is 3.66. The molecule has 0 spiro atoms. The SMILES string of the molecule is COCCN1C[C@H]2C[C@@H](C(=O)NCc3ccccc3)[C@@H](C1)O2. The number of hydrogen-bond donors (Lipinski definition) is 1. The molecule has 0 saturated carbocycles. The maximum absolute atomic E-state index is 12.4. The fourth-order valence-electron chi connectivity index (χ4n) is 3.33. The largest absolute Gasteiger partial charge is 0.383 e. The molecule has 0 aromatic heterocycles. The molecule has 0 aliphatic carbocycles. The van der Waals surface area contributed by atoms with Crippen molar-refractivity contribution in [2.24, 2.45) is 5.92 Å². The fourth-order valence-corrected chi connectivity index (χ4v) is 3.33. The van der Waals surface area contributed by atoms with Crippen LogP contribution in [0.4, 0.5) is 0 Å². The van der Waals surface area contributed by atoms with Gasteiger partial charge in [0, 0.05) is 33.3 Å². The molecular weight excluding hydrogens is 280 g/mol. The van der Waals surface area contributed by atoms with E-state index in [1.807, 2.05) is 30.3 Å². The Morgan fingerprint density at radius 2 is 2.18 bits per heavy atom. The van der Waals surface area contributed by atoms with Crippen LogP contribution in [0.25, 0.3) is 0 Å². The van der Waals surface area contributed by atoms with E-state index in [2.05, 4.69) is 10.2 Å². The van der Waals surface area contributed by atoms with Gasteiger partial charge in [-0.1, -0.05) is 30.3 Å². The highest BCUT2D eigenvalue weighted by Gasteiger charge is 2.44. The summed E-state index contributed by atoms with van der Waals surface area (Å²) in [5, 5.41) is 3.05. The second-order valence-corrected chi connectivity index (χ2v) is 6.09. The number of likely N-dealkylation sites (tertiary alicyclic amines) is 1. The van der Waals surface area contributed by atoms with Crippen LogP contribution in [0.5, 0.6) is 0 Å². The maximum atomic E-state index is 12.4. The quantitative estimate of drug-likeness (QED) is 0.853. The molecule has 22 heavy (non-hydrogen) atoms. The Morgan fingerprint density at radius 1 is 1.36 bits per heavy atom. The molecule has 5 heteroatoms. The van der Waals surface area contributed by atoms with Gasteiger partial charge in [0.15, 0.2) is 0 Å². The molecule has 2 fully saturated rings. The molecule has 3 rings (SSSR count). The Morgan fingerprint density at radius 3 is 2.95 bits per heavy atom. The van der Waals surface area contributed by atoms with Gasteiger partial charge in [-0.25, -0.2) is 0 Å². The Hall–Kier alpha value is -1.43. The Bertz CT molecular complexity index is 494. The first kappa shape index (κ1) is 15.5. The number of morpholine rings is 1. The van der Waals surface area contributed by atoms with E-state index < -0.39 is 0 Å². The smallest absolute Gasteiger partial charge is 0.226 e. The lowest BCUT2D eigenvalue weighted by atomic mass is 9.99. The second-order valence-electron chi connectivity index (χ2n) is 6.09. The maximum Gasteiger partial charge on any atom is 0.226 e. The molecule has 1 N–H and O–H groups in total. The van der Waals surface area contributed by atoms with Crippen LogP contribution < -0.4 is 5.32 Å². The third-order valence-electron chi connectivity index (χ3n) is 4.49. The highest BCUT2D eigenvalue weighted by molar-refractivity contribution is 5.79. The molecule has 2 saturated heterocycles. The predicted molar refractivity (Wildman–Crippen MR) is 83.4 cm³/mol. The van der Waals surface area contributed by atoms with Gasteiger partial charge >= 0.3 is 0 Å². The zero-order valence-corrected chi connectivity index (χ0v) is 13.0. The first-order valence-corrected chi connectivity index (χ1v) is 7.94. The number of hydrogen-bond acceptors (Lipinski definition) is 4. The number of carbonyl (C=O) groups excluding carboxylic acids is 1. The lowest BCUT2D eigenvalue weighted by Crippen LogP contribution is -2.46. The lowest BCUT2D eigenvalue weighted by molar-refractivity contribution is -0.128. The molecule has 1 amide bonds. The number of benzene rings is 1. The number of amides is 1. The number of methoxy groups -OCH3 is 1. The molecular formula is C17H24N2O3. The van der Waals surface area contributed by atoms with Crippen LogP contribution in [-0.2, 0) is 20.8 Å². The van der Waals surface area contributed by atoms with Crippen molar-refractivity contribution in [1.29, 1.82) is 0 Å². The molecule has 2 heterocycles. The highest BCUT2D eigenvalue weighted by atomic mass is 16.5. The van der Waals surface area contributed by atoms with E-state index in [0.717, 1.165) is 38.2 Å². The van der Waals surface area contributed by atoms with Crippen LogP contribution >= 0.6 is 0 Å². The molecule has 0 radical (unpaired) electrons. The summed E-state index contributed by atoms with van der Waals surface area (Å²) in [5.41, 5.74) is 1.12. The molecule has 2 aliphatic rings. The number of nitrogens with one attached hydrogen (secondary N) is 1. The van der Waals surface area contributed by atoms with Crippen molar-refractivity contribution in [2.75, 3.05) is 33.4 Å². The van der Waals surface area contributed by atoms with Crippen LogP contribution in [0.1, 0.15) is 12.0 Å². The van der Waals surface area contributed by atoms with Crippen molar-refractivity contribution >= 4 is 5.91 Å². The average Bonchev–Trinajstić information content (AvgIpc) is 2.86. The third-order valence-corrected chi connectivity index (χ3v) is 4.49.